The average Bonchev–Trinajstić information content (AvgIpc) is 2.71. The zero-order valence-corrected chi connectivity index (χ0v) is 11.2. The first-order valence-electron chi connectivity index (χ1n) is 5.29. The Labute approximate surface area is 109 Å². The molecule has 1 aromatic heterocycles. The van der Waals surface area contributed by atoms with Gasteiger partial charge in [0.05, 0.1) is 11.1 Å². The van der Waals surface area contributed by atoms with Gasteiger partial charge < -0.3 is 5.32 Å². The molecule has 0 fully saturated rings. The van der Waals surface area contributed by atoms with Crippen molar-refractivity contribution in [1.29, 1.82) is 0 Å². The van der Waals surface area contributed by atoms with Crippen molar-refractivity contribution in [2.45, 2.75) is 13.0 Å². The molecule has 0 bridgehead atoms. The highest BCUT2D eigenvalue weighted by Gasteiger charge is 2.14. The second-order valence-corrected chi connectivity index (χ2v) is 5.41. The molecule has 1 unspecified atom stereocenters. The van der Waals surface area contributed by atoms with Gasteiger partial charge in [-0.25, -0.2) is 4.39 Å². The van der Waals surface area contributed by atoms with Gasteiger partial charge in [0.25, 0.3) is 0 Å². The van der Waals surface area contributed by atoms with E-state index in [0.29, 0.717) is 0 Å². The van der Waals surface area contributed by atoms with Crippen LogP contribution in [0.15, 0.2) is 29.6 Å². The normalized spacial score (nSPS) is 12.7. The standard InChI is InChI=1S/C13H13ClFNS/c1-8-5-10(7-17-8)13(16-2)9-3-4-11(14)12(15)6-9/h3-7,13,16H,1-2H3. The van der Waals surface area contributed by atoms with Crippen LogP contribution in [0.2, 0.25) is 5.02 Å². The van der Waals surface area contributed by atoms with E-state index in [9.17, 15) is 4.39 Å². The second-order valence-electron chi connectivity index (χ2n) is 3.89. The fraction of sp³-hybridized carbons (Fsp3) is 0.231. The Hall–Kier alpha value is -0.900. The fourth-order valence-electron chi connectivity index (χ4n) is 1.83. The molecular weight excluding hydrogens is 257 g/mol. The molecule has 1 N–H and O–H groups in total. The molecule has 0 saturated carbocycles. The van der Waals surface area contributed by atoms with Crippen LogP contribution in [0.25, 0.3) is 0 Å². The summed E-state index contributed by atoms with van der Waals surface area (Å²) >= 11 is 7.38. The fourth-order valence-corrected chi connectivity index (χ4v) is 2.68. The zero-order valence-electron chi connectivity index (χ0n) is 9.63. The lowest BCUT2D eigenvalue weighted by atomic mass is 10.0. The lowest BCUT2D eigenvalue weighted by Crippen LogP contribution is -2.17. The molecule has 4 heteroatoms. The van der Waals surface area contributed by atoms with Crippen LogP contribution in [0.3, 0.4) is 0 Å². The lowest BCUT2D eigenvalue weighted by molar-refractivity contribution is 0.617. The van der Waals surface area contributed by atoms with Gasteiger partial charge in [-0.15, -0.1) is 11.3 Å². The molecule has 0 amide bonds. The first-order valence-corrected chi connectivity index (χ1v) is 6.55. The number of aryl methyl sites for hydroxylation is 1. The minimum absolute atomic E-state index is 0.00622. The first kappa shape index (κ1) is 12.6. The van der Waals surface area contributed by atoms with Crippen LogP contribution in [0.5, 0.6) is 0 Å². The zero-order chi connectivity index (χ0) is 12.4. The van der Waals surface area contributed by atoms with E-state index in [1.54, 1.807) is 17.4 Å². The van der Waals surface area contributed by atoms with Crippen LogP contribution in [-0.2, 0) is 0 Å². The molecule has 2 aromatic rings. The smallest absolute Gasteiger partial charge is 0.142 e. The van der Waals surface area contributed by atoms with Crippen LogP contribution in [-0.4, -0.2) is 7.05 Å². The van der Waals surface area contributed by atoms with Gasteiger partial charge in [-0.3, -0.25) is 0 Å². The predicted octanol–water partition coefficient (Wildman–Crippen LogP) is 4.16. The molecule has 1 heterocycles. The topological polar surface area (TPSA) is 12.0 Å². The van der Waals surface area contributed by atoms with Crippen LogP contribution in [0, 0.1) is 12.7 Å². The highest BCUT2D eigenvalue weighted by Crippen LogP contribution is 2.28. The Morgan fingerprint density at radius 3 is 2.59 bits per heavy atom. The third kappa shape index (κ3) is 2.68. The molecule has 0 aliphatic rings. The van der Waals surface area contributed by atoms with Crippen molar-refractivity contribution in [2.75, 3.05) is 7.05 Å². The van der Waals surface area contributed by atoms with E-state index >= 15 is 0 Å². The number of halogens is 2. The molecule has 1 nitrogen and oxygen atoms in total. The van der Waals surface area contributed by atoms with E-state index in [1.807, 2.05) is 13.1 Å². The largest absolute Gasteiger partial charge is 0.309 e. The van der Waals surface area contributed by atoms with Gasteiger partial charge in [-0.05, 0) is 48.7 Å². The van der Waals surface area contributed by atoms with Crippen LogP contribution in [0.4, 0.5) is 4.39 Å². The summed E-state index contributed by atoms with van der Waals surface area (Å²) in [5.74, 6) is -0.378. The summed E-state index contributed by atoms with van der Waals surface area (Å²) in [6.07, 6.45) is 0. The Morgan fingerprint density at radius 2 is 2.06 bits per heavy atom. The van der Waals surface area contributed by atoms with E-state index in [0.717, 1.165) is 11.1 Å². The number of benzene rings is 1. The summed E-state index contributed by atoms with van der Waals surface area (Å²) in [5, 5.41) is 5.44. The molecule has 0 aliphatic carbocycles. The molecule has 0 radical (unpaired) electrons. The number of thiophene rings is 1. The SMILES string of the molecule is CNC(c1csc(C)c1)c1ccc(Cl)c(F)c1. The molecule has 90 valence electrons. The predicted molar refractivity (Wildman–Crippen MR) is 71.4 cm³/mol. The molecule has 0 saturated heterocycles. The van der Waals surface area contributed by atoms with E-state index in [-0.39, 0.29) is 16.9 Å². The summed E-state index contributed by atoms with van der Waals surface area (Å²) in [5.41, 5.74) is 2.03. The maximum absolute atomic E-state index is 13.4. The van der Waals surface area contributed by atoms with Gasteiger partial charge in [0, 0.05) is 4.88 Å². The van der Waals surface area contributed by atoms with Crippen molar-refractivity contribution < 1.29 is 4.39 Å². The molecule has 1 atom stereocenters. The van der Waals surface area contributed by atoms with Crippen LogP contribution in [0.1, 0.15) is 22.0 Å². The van der Waals surface area contributed by atoms with Crippen LogP contribution < -0.4 is 5.32 Å². The lowest BCUT2D eigenvalue weighted by Gasteiger charge is -2.15. The van der Waals surface area contributed by atoms with Gasteiger partial charge in [-0.1, -0.05) is 17.7 Å². The quantitative estimate of drug-likeness (QED) is 0.882. The number of nitrogens with one attached hydrogen (secondary N) is 1. The molecule has 0 spiro atoms. The molecule has 17 heavy (non-hydrogen) atoms. The van der Waals surface area contributed by atoms with E-state index in [2.05, 4.69) is 23.7 Å². The third-order valence-electron chi connectivity index (χ3n) is 2.65. The van der Waals surface area contributed by atoms with Gasteiger partial charge in [0.1, 0.15) is 5.82 Å². The van der Waals surface area contributed by atoms with Crippen molar-refractivity contribution in [3.63, 3.8) is 0 Å². The summed E-state index contributed by atoms with van der Waals surface area (Å²) in [4.78, 5) is 1.25. The Kier molecular flexibility index (Phi) is 3.82. The maximum atomic E-state index is 13.4. The summed E-state index contributed by atoms with van der Waals surface area (Å²) < 4.78 is 13.4. The third-order valence-corrected chi connectivity index (χ3v) is 3.84. The monoisotopic (exact) mass is 269 g/mol. The van der Waals surface area contributed by atoms with E-state index < -0.39 is 0 Å². The Bertz CT molecular complexity index is 524. The second kappa shape index (κ2) is 5.17. The Morgan fingerprint density at radius 1 is 1.29 bits per heavy atom. The van der Waals surface area contributed by atoms with Gasteiger partial charge >= 0.3 is 0 Å². The van der Waals surface area contributed by atoms with E-state index in [4.69, 9.17) is 11.6 Å². The van der Waals surface area contributed by atoms with E-state index in [1.165, 1.54) is 10.9 Å². The first-order chi connectivity index (χ1) is 8.11. The van der Waals surface area contributed by atoms with Gasteiger partial charge in [0.15, 0.2) is 0 Å². The number of rotatable bonds is 3. The Balaban J connectivity index is 2.38. The average molecular weight is 270 g/mol. The van der Waals surface area contributed by atoms with Crippen molar-refractivity contribution in [1.82, 2.24) is 5.32 Å². The minimum Gasteiger partial charge on any atom is -0.309 e. The molecule has 1 aromatic carbocycles. The maximum Gasteiger partial charge on any atom is 0.142 e. The summed E-state index contributed by atoms with van der Waals surface area (Å²) in [6, 6.07) is 7.04. The van der Waals surface area contributed by atoms with Gasteiger partial charge in [0.2, 0.25) is 0 Å². The summed E-state index contributed by atoms with van der Waals surface area (Å²) in [7, 11) is 1.87. The summed E-state index contributed by atoms with van der Waals surface area (Å²) in [6.45, 7) is 2.06. The molecular formula is C13H13ClFNS. The number of hydrogen-bond acceptors (Lipinski definition) is 2. The van der Waals surface area contributed by atoms with Crippen molar-refractivity contribution in [2.24, 2.45) is 0 Å². The van der Waals surface area contributed by atoms with Crippen LogP contribution >= 0.6 is 22.9 Å². The molecule has 0 aliphatic heterocycles. The van der Waals surface area contributed by atoms with Crippen molar-refractivity contribution in [3.05, 3.63) is 56.5 Å². The highest BCUT2D eigenvalue weighted by molar-refractivity contribution is 7.10. The minimum atomic E-state index is -0.378. The van der Waals surface area contributed by atoms with Crippen molar-refractivity contribution in [3.8, 4) is 0 Å². The van der Waals surface area contributed by atoms with Gasteiger partial charge in [-0.2, -0.15) is 0 Å². The van der Waals surface area contributed by atoms with Crippen molar-refractivity contribution >= 4 is 22.9 Å². The highest BCUT2D eigenvalue weighted by atomic mass is 35.5. The number of hydrogen-bond donors (Lipinski definition) is 1. The molecule has 2 rings (SSSR count).